The van der Waals surface area contributed by atoms with Gasteiger partial charge >= 0.3 is 0 Å². The summed E-state index contributed by atoms with van der Waals surface area (Å²) in [4.78, 5) is 16.2. The Morgan fingerprint density at radius 2 is 2.38 bits per heavy atom. The first-order valence-electron chi connectivity index (χ1n) is 4.87. The van der Waals surface area contributed by atoms with Gasteiger partial charge in [-0.15, -0.1) is 0 Å². The van der Waals surface area contributed by atoms with Crippen LogP contribution < -0.4 is 16.0 Å². The number of methoxy groups -OCH3 is 1. The topological polar surface area (TPSA) is 70.1 Å². The maximum atomic E-state index is 11.7. The van der Waals surface area contributed by atoms with Gasteiger partial charge in [0.2, 0.25) is 0 Å². The van der Waals surface area contributed by atoms with Crippen molar-refractivity contribution in [2.24, 2.45) is 11.7 Å². The van der Waals surface area contributed by atoms with E-state index in [1.165, 1.54) is 17.7 Å². The Kier molecular flexibility index (Phi) is 4.00. The highest BCUT2D eigenvalue weighted by molar-refractivity contribution is 7.80. The number of nitrogens with zero attached hydrogens (tertiary/aromatic N) is 2. The third-order valence-corrected chi connectivity index (χ3v) is 2.63. The van der Waals surface area contributed by atoms with Crippen LogP contribution in [0, 0.1) is 12.8 Å². The molecule has 1 aromatic rings. The third-order valence-electron chi connectivity index (χ3n) is 2.23. The lowest BCUT2D eigenvalue weighted by atomic mass is 10.2. The average molecular weight is 241 g/mol. The van der Waals surface area contributed by atoms with Gasteiger partial charge in [0, 0.05) is 24.2 Å². The minimum absolute atomic E-state index is 0.0777. The van der Waals surface area contributed by atoms with Crippen LogP contribution in [0.2, 0.25) is 0 Å². The van der Waals surface area contributed by atoms with E-state index in [2.05, 4.69) is 4.98 Å². The fourth-order valence-corrected chi connectivity index (χ4v) is 1.36. The molecule has 1 aromatic heterocycles. The number of aryl methyl sites for hydroxylation is 1. The van der Waals surface area contributed by atoms with Crippen LogP contribution in [0.5, 0.6) is 6.01 Å². The molecule has 16 heavy (non-hydrogen) atoms. The third kappa shape index (κ3) is 2.79. The van der Waals surface area contributed by atoms with E-state index < -0.39 is 0 Å². The lowest BCUT2D eigenvalue weighted by Crippen LogP contribution is -2.30. The molecule has 0 aromatic carbocycles. The Balaban J connectivity index is 3.12. The van der Waals surface area contributed by atoms with E-state index in [4.69, 9.17) is 22.7 Å². The zero-order chi connectivity index (χ0) is 12.3. The van der Waals surface area contributed by atoms with Crippen LogP contribution in [0.1, 0.15) is 12.6 Å². The van der Waals surface area contributed by atoms with E-state index in [9.17, 15) is 4.79 Å². The molecule has 1 rings (SSSR count). The van der Waals surface area contributed by atoms with Crippen LogP contribution >= 0.6 is 12.2 Å². The molecule has 0 saturated carbocycles. The summed E-state index contributed by atoms with van der Waals surface area (Å²) in [5.74, 6) is -0.0777. The maximum Gasteiger partial charge on any atom is 0.299 e. The highest BCUT2D eigenvalue weighted by Crippen LogP contribution is 2.08. The molecule has 0 aliphatic rings. The van der Waals surface area contributed by atoms with Gasteiger partial charge in [-0.25, -0.2) is 4.98 Å². The molecule has 5 nitrogen and oxygen atoms in total. The normalized spacial score (nSPS) is 12.2. The Morgan fingerprint density at radius 1 is 1.75 bits per heavy atom. The maximum absolute atomic E-state index is 11.7. The van der Waals surface area contributed by atoms with Gasteiger partial charge in [0.25, 0.3) is 11.6 Å². The predicted octanol–water partition coefficient (Wildman–Crippen LogP) is 0.483. The van der Waals surface area contributed by atoms with Gasteiger partial charge in [-0.1, -0.05) is 19.1 Å². The fraction of sp³-hybridized carbons (Fsp3) is 0.500. The Morgan fingerprint density at radius 3 is 2.88 bits per heavy atom. The standard InChI is InChI=1S/C10H15N3O2S/c1-6(9(11)16)5-13-8(14)4-7(2)12-10(13)15-3/h4,6H,5H2,1-3H3,(H2,11,16). The van der Waals surface area contributed by atoms with Gasteiger partial charge in [-0.05, 0) is 6.92 Å². The van der Waals surface area contributed by atoms with Crippen molar-refractivity contribution in [1.29, 1.82) is 0 Å². The summed E-state index contributed by atoms with van der Waals surface area (Å²) < 4.78 is 6.48. The highest BCUT2D eigenvalue weighted by atomic mass is 32.1. The molecule has 0 aliphatic heterocycles. The predicted molar refractivity (Wildman–Crippen MR) is 65.7 cm³/mol. The molecule has 2 N–H and O–H groups in total. The number of rotatable bonds is 4. The monoisotopic (exact) mass is 241 g/mol. The Labute approximate surface area is 99.2 Å². The number of nitrogens with two attached hydrogens (primary N) is 1. The number of thiocarbonyl (C=S) groups is 1. The van der Waals surface area contributed by atoms with Crippen LogP contribution in [0.4, 0.5) is 0 Å². The number of ether oxygens (including phenoxy) is 1. The summed E-state index contributed by atoms with van der Waals surface area (Å²) in [5, 5.41) is 0. The molecule has 0 spiro atoms. The van der Waals surface area contributed by atoms with Crippen molar-refractivity contribution in [2.75, 3.05) is 7.11 Å². The fourth-order valence-electron chi connectivity index (χ4n) is 1.28. The molecule has 0 aliphatic carbocycles. The molecule has 1 atom stereocenters. The Bertz CT molecular complexity index is 456. The smallest absolute Gasteiger partial charge is 0.299 e. The summed E-state index contributed by atoms with van der Waals surface area (Å²) >= 11 is 4.87. The molecule has 0 fully saturated rings. The molecule has 0 amide bonds. The van der Waals surface area contributed by atoms with E-state index in [1.54, 1.807) is 6.92 Å². The molecule has 0 radical (unpaired) electrons. The lowest BCUT2D eigenvalue weighted by molar-refractivity contribution is 0.338. The molecule has 1 unspecified atom stereocenters. The van der Waals surface area contributed by atoms with Crippen LogP contribution in [0.25, 0.3) is 0 Å². The largest absolute Gasteiger partial charge is 0.468 e. The van der Waals surface area contributed by atoms with Gasteiger partial charge < -0.3 is 10.5 Å². The van der Waals surface area contributed by atoms with Crippen molar-refractivity contribution < 1.29 is 4.74 Å². The van der Waals surface area contributed by atoms with E-state index in [0.29, 0.717) is 17.2 Å². The van der Waals surface area contributed by atoms with Crippen molar-refractivity contribution in [3.05, 3.63) is 22.1 Å². The van der Waals surface area contributed by atoms with Gasteiger partial charge in [0.05, 0.1) is 12.1 Å². The molecule has 0 saturated heterocycles. The first kappa shape index (κ1) is 12.6. The molecule has 88 valence electrons. The van der Waals surface area contributed by atoms with Crippen LogP contribution in [0.15, 0.2) is 10.9 Å². The molecular weight excluding hydrogens is 226 g/mol. The van der Waals surface area contributed by atoms with Crippen LogP contribution in [-0.2, 0) is 6.54 Å². The highest BCUT2D eigenvalue weighted by Gasteiger charge is 2.12. The Hall–Kier alpha value is -1.43. The summed E-state index contributed by atoms with van der Waals surface area (Å²) in [7, 11) is 1.48. The average Bonchev–Trinajstić information content (AvgIpc) is 2.21. The van der Waals surface area contributed by atoms with Crippen molar-refractivity contribution in [1.82, 2.24) is 9.55 Å². The van der Waals surface area contributed by atoms with Crippen molar-refractivity contribution in [2.45, 2.75) is 20.4 Å². The minimum atomic E-state index is -0.160. The zero-order valence-corrected chi connectivity index (χ0v) is 10.4. The van der Waals surface area contributed by atoms with Crippen molar-refractivity contribution in [3.63, 3.8) is 0 Å². The quantitative estimate of drug-likeness (QED) is 0.777. The number of aromatic nitrogens is 2. The second-order valence-corrected chi connectivity index (χ2v) is 4.11. The second-order valence-electron chi connectivity index (χ2n) is 3.64. The van der Waals surface area contributed by atoms with Gasteiger partial charge in [-0.3, -0.25) is 9.36 Å². The van der Waals surface area contributed by atoms with Gasteiger partial charge in [0.1, 0.15) is 0 Å². The van der Waals surface area contributed by atoms with Crippen molar-refractivity contribution in [3.8, 4) is 6.01 Å². The molecular formula is C10H15N3O2S. The summed E-state index contributed by atoms with van der Waals surface area (Å²) in [5.41, 5.74) is 5.98. The van der Waals surface area contributed by atoms with E-state index in [0.717, 1.165) is 0 Å². The minimum Gasteiger partial charge on any atom is -0.468 e. The second kappa shape index (κ2) is 5.07. The number of hydrogen-bond acceptors (Lipinski definition) is 4. The number of hydrogen-bond donors (Lipinski definition) is 1. The van der Waals surface area contributed by atoms with E-state index >= 15 is 0 Å². The molecule has 1 heterocycles. The zero-order valence-electron chi connectivity index (χ0n) is 9.56. The summed E-state index contributed by atoms with van der Waals surface area (Å²) in [6.07, 6.45) is 0. The lowest BCUT2D eigenvalue weighted by Gasteiger charge is -2.14. The first-order valence-corrected chi connectivity index (χ1v) is 5.28. The molecule has 6 heteroatoms. The van der Waals surface area contributed by atoms with Crippen LogP contribution in [0.3, 0.4) is 0 Å². The summed E-state index contributed by atoms with van der Waals surface area (Å²) in [6.45, 7) is 3.98. The SMILES string of the molecule is COc1nc(C)cc(=O)n1CC(C)C(N)=S. The molecule has 0 bridgehead atoms. The van der Waals surface area contributed by atoms with Gasteiger partial charge in [0.15, 0.2) is 0 Å². The van der Waals surface area contributed by atoms with E-state index in [1.807, 2.05) is 6.92 Å². The van der Waals surface area contributed by atoms with E-state index in [-0.39, 0.29) is 17.5 Å². The van der Waals surface area contributed by atoms with Crippen LogP contribution in [-0.4, -0.2) is 21.6 Å². The van der Waals surface area contributed by atoms with Crippen molar-refractivity contribution >= 4 is 17.2 Å². The summed E-state index contributed by atoms with van der Waals surface area (Å²) in [6, 6.07) is 1.74. The first-order chi connectivity index (χ1) is 7.45. The van der Waals surface area contributed by atoms with Gasteiger partial charge in [-0.2, -0.15) is 0 Å².